The average molecular weight is 248 g/mol. The van der Waals surface area contributed by atoms with E-state index in [0.29, 0.717) is 5.92 Å². The number of aliphatic hydroxyl groups excluding tert-OH is 1. The Labute approximate surface area is 108 Å². The van der Waals surface area contributed by atoms with Crippen molar-refractivity contribution in [2.24, 2.45) is 0 Å². The topological polar surface area (TPSA) is 38.7 Å². The molecule has 1 aliphatic heterocycles. The Bertz CT molecular complexity index is 416. The third-order valence-corrected chi connectivity index (χ3v) is 3.89. The van der Waals surface area contributed by atoms with Crippen molar-refractivity contribution in [1.29, 1.82) is 0 Å². The van der Waals surface area contributed by atoms with Crippen LogP contribution in [0, 0.1) is 0 Å². The largest absolute Gasteiger partial charge is 0.490 e. The fourth-order valence-corrected chi connectivity index (χ4v) is 2.90. The molecule has 1 heterocycles. The second kappa shape index (κ2) is 5.19. The molecular formula is C15H20O3. The van der Waals surface area contributed by atoms with E-state index in [1.807, 2.05) is 6.07 Å². The molecule has 3 heteroatoms. The zero-order valence-electron chi connectivity index (χ0n) is 10.6. The molecule has 3 nitrogen and oxygen atoms in total. The summed E-state index contributed by atoms with van der Waals surface area (Å²) in [6.07, 6.45) is 4.89. The van der Waals surface area contributed by atoms with Crippen molar-refractivity contribution in [3.63, 3.8) is 0 Å². The summed E-state index contributed by atoms with van der Waals surface area (Å²) < 4.78 is 11.4. The quantitative estimate of drug-likeness (QED) is 0.830. The number of hydrogen-bond acceptors (Lipinski definition) is 3. The van der Waals surface area contributed by atoms with Crippen LogP contribution in [-0.4, -0.2) is 24.4 Å². The molecule has 1 aromatic carbocycles. The van der Waals surface area contributed by atoms with Crippen LogP contribution >= 0.6 is 0 Å². The highest BCUT2D eigenvalue weighted by Crippen LogP contribution is 2.38. The first kappa shape index (κ1) is 11.8. The van der Waals surface area contributed by atoms with Crippen LogP contribution < -0.4 is 9.47 Å². The lowest BCUT2D eigenvalue weighted by Crippen LogP contribution is -2.18. The molecule has 1 aromatic rings. The summed E-state index contributed by atoms with van der Waals surface area (Å²) >= 11 is 0. The van der Waals surface area contributed by atoms with Gasteiger partial charge in [-0.05, 0) is 42.9 Å². The Balaban J connectivity index is 1.82. The molecule has 2 aliphatic rings. The molecule has 0 aromatic heterocycles. The molecule has 0 bridgehead atoms. The van der Waals surface area contributed by atoms with Crippen LogP contribution in [-0.2, 0) is 0 Å². The molecule has 2 unspecified atom stereocenters. The Kier molecular flexibility index (Phi) is 3.41. The van der Waals surface area contributed by atoms with Gasteiger partial charge in [-0.1, -0.05) is 12.5 Å². The summed E-state index contributed by atoms with van der Waals surface area (Å²) in [6.45, 7) is 1.46. The lowest BCUT2D eigenvalue weighted by molar-refractivity contribution is 0.119. The van der Waals surface area contributed by atoms with Crippen LogP contribution in [0.25, 0.3) is 0 Å². The van der Waals surface area contributed by atoms with Crippen molar-refractivity contribution in [3.8, 4) is 11.5 Å². The van der Waals surface area contributed by atoms with E-state index in [0.717, 1.165) is 56.8 Å². The molecule has 0 saturated heterocycles. The molecular weight excluding hydrogens is 228 g/mol. The van der Waals surface area contributed by atoms with Gasteiger partial charge in [0.1, 0.15) is 0 Å². The van der Waals surface area contributed by atoms with Crippen LogP contribution in [0.4, 0.5) is 0 Å². The SMILES string of the molecule is OC1CCCC(c2ccc3c(c2)OCCCO3)C1. The smallest absolute Gasteiger partial charge is 0.161 e. The highest BCUT2D eigenvalue weighted by molar-refractivity contribution is 5.44. The van der Waals surface area contributed by atoms with E-state index in [4.69, 9.17) is 9.47 Å². The van der Waals surface area contributed by atoms with Crippen LogP contribution in [0.2, 0.25) is 0 Å². The molecule has 0 amide bonds. The third kappa shape index (κ3) is 2.46. The summed E-state index contributed by atoms with van der Waals surface area (Å²) in [5.74, 6) is 2.18. The summed E-state index contributed by atoms with van der Waals surface area (Å²) in [6, 6.07) is 6.23. The number of fused-ring (bicyclic) bond motifs is 1. The number of hydrogen-bond donors (Lipinski definition) is 1. The van der Waals surface area contributed by atoms with Gasteiger partial charge in [0.05, 0.1) is 19.3 Å². The minimum absolute atomic E-state index is 0.139. The second-order valence-corrected chi connectivity index (χ2v) is 5.27. The highest BCUT2D eigenvalue weighted by Gasteiger charge is 2.23. The van der Waals surface area contributed by atoms with Crippen LogP contribution in [0.3, 0.4) is 0 Å². The molecule has 1 saturated carbocycles. The second-order valence-electron chi connectivity index (χ2n) is 5.27. The standard InChI is InChI=1S/C15H20O3/c16-13-4-1-3-11(9-13)12-5-6-14-15(10-12)18-8-2-7-17-14/h5-6,10-11,13,16H,1-4,7-9H2. The minimum Gasteiger partial charge on any atom is -0.490 e. The van der Waals surface area contributed by atoms with Crippen molar-refractivity contribution in [2.75, 3.05) is 13.2 Å². The molecule has 0 radical (unpaired) electrons. The summed E-state index contributed by atoms with van der Waals surface area (Å²) in [7, 11) is 0. The monoisotopic (exact) mass is 248 g/mol. The maximum atomic E-state index is 9.77. The molecule has 18 heavy (non-hydrogen) atoms. The lowest BCUT2D eigenvalue weighted by Gasteiger charge is -2.26. The normalized spacial score (nSPS) is 27.6. The van der Waals surface area contributed by atoms with Gasteiger partial charge in [-0.2, -0.15) is 0 Å². The van der Waals surface area contributed by atoms with Gasteiger partial charge in [0.25, 0.3) is 0 Å². The van der Waals surface area contributed by atoms with E-state index in [2.05, 4.69) is 12.1 Å². The lowest BCUT2D eigenvalue weighted by atomic mass is 9.82. The molecule has 3 rings (SSSR count). The number of benzene rings is 1. The van der Waals surface area contributed by atoms with Gasteiger partial charge in [0.15, 0.2) is 11.5 Å². The van der Waals surface area contributed by atoms with Crippen molar-refractivity contribution >= 4 is 0 Å². The van der Waals surface area contributed by atoms with Crippen LogP contribution in [0.5, 0.6) is 11.5 Å². The third-order valence-electron chi connectivity index (χ3n) is 3.89. The summed E-state index contributed by atoms with van der Waals surface area (Å²) in [4.78, 5) is 0. The first-order chi connectivity index (χ1) is 8.83. The van der Waals surface area contributed by atoms with Gasteiger partial charge in [0, 0.05) is 6.42 Å². The molecule has 1 fully saturated rings. The first-order valence-electron chi connectivity index (χ1n) is 6.90. The van der Waals surface area contributed by atoms with Gasteiger partial charge in [-0.3, -0.25) is 0 Å². The molecule has 2 atom stereocenters. The predicted molar refractivity (Wildman–Crippen MR) is 69.3 cm³/mol. The van der Waals surface area contributed by atoms with Gasteiger partial charge < -0.3 is 14.6 Å². The minimum atomic E-state index is -0.139. The Morgan fingerprint density at radius 1 is 1.00 bits per heavy atom. The number of ether oxygens (including phenoxy) is 2. The van der Waals surface area contributed by atoms with E-state index in [1.54, 1.807) is 0 Å². The van der Waals surface area contributed by atoms with Crippen molar-refractivity contribution in [2.45, 2.75) is 44.1 Å². The van der Waals surface area contributed by atoms with E-state index in [-0.39, 0.29) is 6.10 Å². The van der Waals surface area contributed by atoms with E-state index in [1.165, 1.54) is 5.56 Å². The fraction of sp³-hybridized carbons (Fsp3) is 0.600. The van der Waals surface area contributed by atoms with Gasteiger partial charge in [0.2, 0.25) is 0 Å². The molecule has 98 valence electrons. The van der Waals surface area contributed by atoms with E-state index >= 15 is 0 Å². The van der Waals surface area contributed by atoms with Gasteiger partial charge >= 0.3 is 0 Å². The van der Waals surface area contributed by atoms with E-state index < -0.39 is 0 Å². The maximum Gasteiger partial charge on any atom is 0.161 e. The van der Waals surface area contributed by atoms with Crippen molar-refractivity contribution < 1.29 is 14.6 Å². The van der Waals surface area contributed by atoms with Crippen LogP contribution in [0.1, 0.15) is 43.6 Å². The first-order valence-corrected chi connectivity index (χ1v) is 6.90. The Hall–Kier alpha value is -1.22. The Morgan fingerprint density at radius 3 is 2.67 bits per heavy atom. The molecule has 1 aliphatic carbocycles. The van der Waals surface area contributed by atoms with Crippen molar-refractivity contribution in [1.82, 2.24) is 0 Å². The highest BCUT2D eigenvalue weighted by atomic mass is 16.5. The maximum absolute atomic E-state index is 9.77. The summed E-state index contributed by atoms with van der Waals surface area (Å²) in [5, 5.41) is 9.77. The Morgan fingerprint density at radius 2 is 1.83 bits per heavy atom. The van der Waals surface area contributed by atoms with E-state index in [9.17, 15) is 5.11 Å². The van der Waals surface area contributed by atoms with Crippen molar-refractivity contribution in [3.05, 3.63) is 23.8 Å². The summed E-state index contributed by atoms with van der Waals surface area (Å²) in [5.41, 5.74) is 1.28. The van der Waals surface area contributed by atoms with Gasteiger partial charge in [-0.25, -0.2) is 0 Å². The van der Waals surface area contributed by atoms with Crippen LogP contribution in [0.15, 0.2) is 18.2 Å². The number of aliphatic hydroxyl groups is 1. The molecule has 0 spiro atoms. The molecule has 1 N–H and O–H groups in total. The number of rotatable bonds is 1. The fourth-order valence-electron chi connectivity index (χ4n) is 2.90. The zero-order chi connectivity index (χ0) is 12.4. The van der Waals surface area contributed by atoms with Gasteiger partial charge in [-0.15, -0.1) is 0 Å². The average Bonchev–Trinajstić information content (AvgIpc) is 2.63. The predicted octanol–water partition coefficient (Wildman–Crippen LogP) is 2.87. The zero-order valence-corrected chi connectivity index (χ0v) is 10.6.